The van der Waals surface area contributed by atoms with Crippen LogP contribution in [0.15, 0.2) is 18.3 Å². The number of ether oxygens (including phenoxy) is 1. The summed E-state index contributed by atoms with van der Waals surface area (Å²) in [5, 5.41) is 1.70. The molecule has 0 amide bonds. The summed E-state index contributed by atoms with van der Waals surface area (Å²) < 4.78 is 5.42. The van der Waals surface area contributed by atoms with Gasteiger partial charge < -0.3 is 20.4 Å². The van der Waals surface area contributed by atoms with Gasteiger partial charge in [-0.1, -0.05) is 11.6 Å². The SMILES string of the molecule is COc1ccc(Cl)c2[nH]cc(C(CN)N(C)C)c12. The zero-order valence-electron chi connectivity index (χ0n) is 10.8. The zero-order valence-corrected chi connectivity index (χ0v) is 11.6. The van der Waals surface area contributed by atoms with Gasteiger partial charge in [-0.3, -0.25) is 0 Å². The summed E-state index contributed by atoms with van der Waals surface area (Å²) in [6, 6.07) is 3.84. The lowest BCUT2D eigenvalue weighted by molar-refractivity contribution is 0.307. The van der Waals surface area contributed by atoms with Crippen molar-refractivity contribution in [1.29, 1.82) is 0 Å². The molecule has 18 heavy (non-hydrogen) atoms. The number of H-pyrrole nitrogens is 1. The van der Waals surface area contributed by atoms with E-state index in [2.05, 4.69) is 9.88 Å². The van der Waals surface area contributed by atoms with Gasteiger partial charge in [-0.25, -0.2) is 0 Å². The fourth-order valence-corrected chi connectivity index (χ4v) is 2.47. The Bertz CT molecular complexity index is 550. The molecule has 1 atom stereocenters. The molecule has 2 aromatic rings. The molecule has 0 aliphatic carbocycles. The highest BCUT2D eigenvalue weighted by Gasteiger charge is 2.20. The van der Waals surface area contributed by atoms with Gasteiger partial charge in [-0.2, -0.15) is 0 Å². The second-order valence-electron chi connectivity index (χ2n) is 4.46. The van der Waals surface area contributed by atoms with Crippen LogP contribution >= 0.6 is 11.6 Å². The van der Waals surface area contributed by atoms with Crippen molar-refractivity contribution in [2.75, 3.05) is 27.7 Å². The first-order valence-corrected chi connectivity index (χ1v) is 6.18. The van der Waals surface area contributed by atoms with Gasteiger partial charge in [0.05, 0.1) is 17.6 Å². The Morgan fingerprint density at radius 3 is 2.72 bits per heavy atom. The highest BCUT2D eigenvalue weighted by atomic mass is 35.5. The second-order valence-corrected chi connectivity index (χ2v) is 4.87. The summed E-state index contributed by atoms with van der Waals surface area (Å²) in [7, 11) is 5.67. The number of halogens is 1. The van der Waals surface area contributed by atoms with Gasteiger partial charge >= 0.3 is 0 Å². The van der Waals surface area contributed by atoms with Crippen LogP contribution in [0, 0.1) is 0 Å². The summed E-state index contributed by atoms with van der Waals surface area (Å²) in [6.07, 6.45) is 1.95. The van der Waals surface area contributed by atoms with E-state index in [0.29, 0.717) is 11.6 Å². The molecule has 98 valence electrons. The molecule has 0 fully saturated rings. The molecule has 0 bridgehead atoms. The average molecular weight is 268 g/mol. The maximum absolute atomic E-state index is 6.20. The Hall–Kier alpha value is -1.23. The third-order valence-corrected chi connectivity index (χ3v) is 3.52. The molecule has 5 heteroatoms. The second kappa shape index (κ2) is 5.18. The standard InChI is InChI=1S/C13H18ClN3O/c1-17(2)10(6-15)8-7-16-13-9(14)4-5-11(18-3)12(8)13/h4-5,7,10,16H,6,15H2,1-3H3. The predicted octanol–water partition coefficient (Wildman–Crippen LogP) is 2.39. The highest BCUT2D eigenvalue weighted by Crippen LogP contribution is 2.36. The number of methoxy groups -OCH3 is 1. The molecule has 0 saturated heterocycles. The number of nitrogens with two attached hydrogens (primary N) is 1. The van der Waals surface area contributed by atoms with Gasteiger partial charge in [0.2, 0.25) is 0 Å². The smallest absolute Gasteiger partial charge is 0.128 e. The van der Waals surface area contributed by atoms with Gasteiger partial charge in [0, 0.05) is 24.2 Å². The molecule has 0 spiro atoms. The number of rotatable bonds is 4. The molecule has 0 radical (unpaired) electrons. The van der Waals surface area contributed by atoms with Crippen LogP contribution in [0.4, 0.5) is 0 Å². The lowest BCUT2D eigenvalue weighted by atomic mass is 10.0. The van der Waals surface area contributed by atoms with Crippen molar-refractivity contribution in [2.45, 2.75) is 6.04 Å². The lowest BCUT2D eigenvalue weighted by Gasteiger charge is -2.22. The minimum atomic E-state index is 0.131. The van der Waals surface area contributed by atoms with E-state index < -0.39 is 0 Å². The molecule has 1 aromatic carbocycles. The number of nitrogens with zero attached hydrogens (tertiary/aromatic N) is 1. The van der Waals surface area contributed by atoms with Crippen LogP contribution in [0.2, 0.25) is 5.02 Å². The van der Waals surface area contributed by atoms with E-state index in [1.54, 1.807) is 7.11 Å². The fraction of sp³-hybridized carbons (Fsp3) is 0.385. The van der Waals surface area contributed by atoms with Gasteiger partial charge in [-0.15, -0.1) is 0 Å². The first-order valence-electron chi connectivity index (χ1n) is 5.80. The van der Waals surface area contributed by atoms with E-state index in [1.165, 1.54) is 0 Å². The number of nitrogens with one attached hydrogen (secondary N) is 1. The van der Waals surface area contributed by atoms with Crippen LogP contribution in [0.3, 0.4) is 0 Å². The quantitative estimate of drug-likeness (QED) is 0.894. The summed E-state index contributed by atoms with van der Waals surface area (Å²) in [5.41, 5.74) is 7.86. The third-order valence-electron chi connectivity index (χ3n) is 3.20. The van der Waals surface area contributed by atoms with Crippen LogP contribution in [-0.4, -0.2) is 37.6 Å². The number of aromatic amines is 1. The van der Waals surface area contributed by atoms with Crippen LogP contribution < -0.4 is 10.5 Å². The van der Waals surface area contributed by atoms with Crippen LogP contribution in [0.5, 0.6) is 5.75 Å². The van der Waals surface area contributed by atoms with Crippen molar-refractivity contribution in [3.8, 4) is 5.75 Å². The number of hydrogen-bond acceptors (Lipinski definition) is 3. The average Bonchev–Trinajstić information content (AvgIpc) is 2.76. The molecule has 2 rings (SSSR count). The Morgan fingerprint density at radius 2 is 2.17 bits per heavy atom. The van der Waals surface area contributed by atoms with E-state index in [4.69, 9.17) is 22.1 Å². The fourth-order valence-electron chi connectivity index (χ4n) is 2.26. The van der Waals surface area contributed by atoms with Crippen molar-refractivity contribution in [1.82, 2.24) is 9.88 Å². The summed E-state index contributed by atoms with van der Waals surface area (Å²) >= 11 is 6.20. The third kappa shape index (κ3) is 2.07. The Balaban J connectivity index is 2.68. The molecule has 1 aromatic heterocycles. The van der Waals surface area contributed by atoms with Gasteiger partial charge in [0.1, 0.15) is 5.75 Å². The molecule has 4 nitrogen and oxygen atoms in total. The normalized spacial score (nSPS) is 13.2. The van der Waals surface area contributed by atoms with Gasteiger partial charge in [-0.05, 0) is 31.8 Å². The van der Waals surface area contributed by atoms with Gasteiger partial charge in [0.25, 0.3) is 0 Å². The minimum Gasteiger partial charge on any atom is -0.496 e. The summed E-state index contributed by atoms with van der Waals surface area (Å²) in [6.45, 7) is 0.537. The number of fused-ring (bicyclic) bond motifs is 1. The van der Waals surface area contributed by atoms with Gasteiger partial charge in [0.15, 0.2) is 0 Å². The van der Waals surface area contributed by atoms with Crippen molar-refractivity contribution >= 4 is 22.5 Å². The zero-order chi connectivity index (χ0) is 13.3. The van der Waals surface area contributed by atoms with Crippen molar-refractivity contribution in [3.63, 3.8) is 0 Å². The highest BCUT2D eigenvalue weighted by molar-refractivity contribution is 6.35. The largest absolute Gasteiger partial charge is 0.496 e. The van der Waals surface area contributed by atoms with E-state index in [-0.39, 0.29) is 6.04 Å². The molecule has 1 unspecified atom stereocenters. The van der Waals surface area contributed by atoms with Crippen molar-refractivity contribution in [3.05, 3.63) is 28.9 Å². The molecule has 0 aliphatic heterocycles. The topological polar surface area (TPSA) is 54.3 Å². The van der Waals surface area contributed by atoms with E-state index >= 15 is 0 Å². The number of hydrogen-bond donors (Lipinski definition) is 2. The molecule has 3 N–H and O–H groups in total. The number of aromatic nitrogens is 1. The van der Waals surface area contributed by atoms with Crippen molar-refractivity contribution in [2.24, 2.45) is 5.73 Å². The number of likely N-dealkylation sites (N-methyl/N-ethyl adjacent to an activating group) is 1. The summed E-state index contributed by atoms with van der Waals surface area (Å²) in [5.74, 6) is 0.811. The minimum absolute atomic E-state index is 0.131. The van der Waals surface area contributed by atoms with Crippen molar-refractivity contribution < 1.29 is 4.74 Å². The van der Waals surface area contributed by atoms with E-state index in [1.807, 2.05) is 32.4 Å². The summed E-state index contributed by atoms with van der Waals surface area (Å²) in [4.78, 5) is 5.29. The Labute approximate surface area is 112 Å². The first-order chi connectivity index (χ1) is 8.60. The Kier molecular flexibility index (Phi) is 3.80. The van der Waals surface area contributed by atoms with Crippen LogP contribution in [0.25, 0.3) is 10.9 Å². The van der Waals surface area contributed by atoms with E-state index in [9.17, 15) is 0 Å². The Morgan fingerprint density at radius 1 is 1.44 bits per heavy atom. The monoisotopic (exact) mass is 267 g/mol. The molecule has 1 heterocycles. The van der Waals surface area contributed by atoms with Crippen LogP contribution in [0.1, 0.15) is 11.6 Å². The molecule has 0 aliphatic rings. The molecule has 0 saturated carbocycles. The lowest BCUT2D eigenvalue weighted by Crippen LogP contribution is -2.27. The van der Waals surface area contributed by atoms with E-state index in [0.717, 1.165) is 22.2 Å². The maximum Gasteiger partial charge on any atom is 0.128 e. The molecular weight excluding hydrogens is 250 g/mol. The molecular formula is C13H18ClN3O. The number of benzene rings is 1. The maximum atomic E-state index is 6.20. The first kappa shape index (κ1) is 13.2. The predicted molar refractivity (Wildman–Crippen MR) is 75.3 cm³/mol. The van der Waals surface area contributed by atoms with Crippen LogP contribution in [-0.2, 0) is 0 Å².